The molecule has 5 nitrogen and oxygen atoms in total. The van der Waals surface area contributed by atoms with Gasteiger partial charge in [-0.2, -0.15) is 0 Å². The van der Waals surface area contributed by atoms with Gasteiger partial charge in [-0.1, -0.05) is 0 Å². The van der Waals surface area contributed by atoms with E-state index in [1.165, 1.54) is 6.92 Å². The molecule has 5 heteroatoms. The zero-order valence-corrected chi connectivity index (χ0v) is 8.56. The molecule has 1 heterocycles. The molecule has 0 radical (unpaired) electrons. The van der Waals surface area contributed by atoms with Crippen molar-refractivity contribution in [3.05, 3.63) is 0 Å². The lowest BCUT2D eigenvalue weighted by atomic mass is 10.2. The zero-order valence-electron chi connectivity index (χ0n) is 8.56. The van der Waals surface area contributed by atoms with E-state index in [1.54, 1.807) is 4.90 Å². The minimum Gasteiger partial charge on any atom is -0.481 e. The Morgan fingerprint density at radius 3 is 2.29 bits per heavy atom. The van der Waals surface area contributed by atoms with Crippen LogP contribution >= 0.6 is 0 Å². The number of amides is 1. The van der Waals surface area contributed by atoms with Crippen LogP contribution in [0.5, 0.6) is 0 Å². The first-order valence-electron chi connectivity index (χ1n) is 4.56. The second kappa shape index (κ2) is 6.37. The molecule has 0 spiro atoms. The number of likely N-dealkylation sites (tertiary alicyclic amines) is 1. The first-order valence-corrected chi connectivity index (χ1v) is 4.56. The van der Waals surface area contributed by atoms with Crippen molar-refractivity contribution in [2.75, 3.05) is 20.2 Å². The molecular formula is C9H17NO4. The molecule has 0 bridgehead atoms. The Labute approximate surface area is 83.3 Å². The Morgan fingerprint density at radius 1 is 1.64 bits per heavy atom. The van der Waals surface area contributed by atoms with Crippen LogP contribution in [0.1, 0.15) is 19.8 Å². The van der Waals surface area contributed by atoms with Crippen molar-refractivity contribution in [3.63, 3.8) is 0 Å². The molecule has 1 unspecified atom stereocenters. The van der Waals surface area contributed by atoms with Crippen LogP contribution in [0, 0.1) is 5.92 Å². The van der Waals surface area contributed by atoms with Gasteiger partial charge in [-0.05, 0) is 13.3 Å². The molecule has 1 atom stereocenters. The molecule has 0 aromatic rings. The van der Waals surface area contributed by atoms with Crippen molar-refractivity contribution >= 4 is 11.9 Å². The average Bonchev–Trinajstić information content (AvgIpc) is 2.50. The molecular weight excluding hydrogens is 186 g/mol. The Bertz CT molecular complexity index is 205. The molecule has 0 aromatic heterocycles. The molecule has 1 amide bonds. The van der Waals surface area contributed by atoms with Crippen molar-refractivity contribution in [3.8, 4) is 0 Å². The summed E-state index contributed by atoms with van der Waals surface area (Å²) in [6.07, 6.45) is 1.81. The molecule has 0 saturated carbocycles. The Balaban J connectivity index is 0.000000241. The zero-order chi connectivity index (χ0) is 11.1. The summed E-state index contributed by atoms with van der Waals surface area (Å²) in [6, 6.07) is 0. The Kier molecular flexibility index (Phi) is 5.87. The van der Waals surface area contributed by atoms with Crippen LogP contribution in [0.4, 0.5) is 0 Å². The smallest absolute Gasteiger partial charge is 0.308 e. The predicted octanol–water partition coefficient (Wildman–Crippen LogP) is -0.0620. The van der Waals surface area contributed by atoms with Gasteiger partial charge >= 0.3 is 5.97 Å². The molecule has 14 heavy (non-hydrogen) atoms. The number of carbonyl (C=O) groups excluding carboxylic acids is 1. The summed E-state index contributed by atoms with van der Waals surface area (Å²) in [7, 11) is 1.84. The average molecular weight is 203 g/mol. The van der Waals surface area contributed by atoms with E-state index in [0.717, 1.165) is 19.4 Å². The summed E-state index contributed by atoms with van der Waals surface area (Å²) in [6.45, 7) is 2.12. The lowest BCUT2D eigenvalue weighted by Gasteiger charge is -2.03. The van der Waals surface area contributed by atoms with Gasteiger partial charge in [0.15, 0.2) is 0 Å². The number of aliphatic hydroxyl groups excluding tert-OH is 1. The number of carbonyl (C=O) groups is 2. The van der Waals surface area contributed by atoms with Gasteiger partial charge in [0, 0.05) is 20.0 Å². The number of aliphatic carboxylic acids is 1. The first kappa shape index (κ1) is 12.9. The molecule has 0 aliphatic carbocycles. The van der Waals surface area contributed by atoms with Crippen molar-refractivity contribution in [2.45, 2.75) is 19.8 Å². The highest BCUT2D eigenvalue weighted by Crippen LogP contribution is 2.04. The number of rotatable bonds is 2. The van der Waals surface area contributed by atoms with Gasteiger partial charge in [-0.15, -0.1) is 0 Å². The van der Waals surface area contributed by atoms with Crippen LogP contribution < -0.4 is 0 Å². The number of carboxylic acids is 1. The Morgan fingerprint density at radius 2 is 2.21 bits per heavy atom. The highest BCUT2D eigenvalue weighted by molar-refractivity contribution is 5.77. The summed E-state index contributed by atoms with van der Waals surface area (Å²) in [5, 5.41) is 16.1. The predicted molar refractivity (Wildman–Crippen MR) is 50.8 cm³/mol. The Hall–Kier alpha value is -1.10. The standard InChI is InChI=1S/C5H9NO.C4H8O3/c1-6-4-2-3-5(6)7;1-3(2-5)4(6)7/h2-4H2,1H3;3,5H,2H2,1H3,(H,6,7). The normalized spacial score (nSPS) is 17.4. The number of nitrogens with zero attached hydrogens (tertiary/aromatic N) is 1. The lowest BCUT2D eigenvalue weighted by molar-refractivity contribution is -0.142. The van der Waals surface area contributed by atoms with Gasteiger partial charge in [0.1, 0.15) is 0 Å². The van der Waals surface area contributed by atoms with E-state index >= 15 is 0 Å². The maximum Gasteiger partial charge on any atom is 0.308 e. The van der Waals surface area contributed by atoms with E-state index in [-0.39, 0.29) is 6.61 Å². The van der Waals surface area contributed by atoms with Crippen LogP contribution in [-0.2, 0) is 9.59 Å². The van der Waals surface area contributed by atoms with Crippen LogP contribution in [-0.4, -0.2) is 47.2 Å². The van der Waals surface area contributed by atoms with Crippen molar-refractivity contribution in [1.29, 1.82) is 0 Å². The largest absolute Gasteiger partial charge is 0.481 e. The van der Waals surface area contributed by atoms with Gasteiger partial charge in [-0.3, -0.25) is 9.59 Å². The van der Waals surface area contributed by atoms with Gasteiger partial charge in [0.05, 0.1) is 12.5 Å². The van der Waals surface area contributed by atoms with Gasteiger partial charge < -0.3 is 15.1 Å². The monoisotopic (exact) mass is 203 g/mol. The lowest BCUT2D eigenvalue weighted by Crippen LogP contribution is -2.17. The fourth-order valence-corrected chi connectivity index (χ4v) is 0.861. The number of carboxylic acid groups (broad SMARTS) is 1. The molecule has 2 N–H and O–H groups in total. The summed E-state index contributed by atoms with van der Waals surface area (Å²) in [5.41, 5.74) is 0. The van der Waals surface area contributed by atoms with Crippen LogP contribution in [0.15, 0.2) is 0 Å². The van der Waals surface area contributed by atoms with E-state index < -0.39 is 11.9 Å². The summed E-state index contributed by atoms with van der Waals surface area (Å²) >= 11 is 0. The third-order valence-electron chi connectivity index (χ3n) is 2.01. The maximum absolute atomic E-state index is 10.5. The molecule has 1 aliphatic heterocycles. The minimum absolute atomic E-state index is 0.282. The molecule has 0 aromatic carbocycles. The topological polar surface area (TPSA) is 77.8 Å². The first-order chi connectivity index (χ1) is 6.49. The van der Waals surface area contributed by atoms with Crippen LogP contribution in [0.25, 0.3) is 0 Å². The van der Waals surface area contributed by atoms with Crippen molar-refractivity contribution in [1.82, 2.24) is 4.90 Å². The highest BCUT2D eigenvalue weighted by Gasteiger charge is 2.14. The van der Waals surface area contributed by atoms with Crippen molar-refractivity contribution in [2.24, 2.45) is 5.92 Å². The minimum atomic E-state index is -0.956. The number of hydrogen-bond acceptors (Lipinski definition) is 3. The fourth-order valence-electron chi connectivity index (χ4n) is 0.861. The summed E-state index contributed by atoms with van der Waals surface area (Å²) in [5.74, 6) is -1.29. The second-order valence-electron chi connectivity index (χ2n) is 3.34. The van der Waals surface area contributed by atoms with Gasteiger partial charge in [0.2, 0.25) is 5.91 Å². The number of aliphatic hydroxyl groups is 1. The molecule has 1 fully saturated rings. The van der Waals surface area contributed by atoms with Crippen molar-refractivity contribution < 1.29 is 19.8 Å². The van der Waals surface area contributed by atoms with E-state index in [2.05, 4.69) is 0 Å². The van der Waals surface area contributed by atoms with Crippen LogP contribution in [0.2, 0.25) is 0 Å². The maximum atomic E-state index is 10.5. The molecule has 1 saturated heterocycles. The summed E-state index contributed by atoms with van der Waals surface area (Å²) in [4.78, 5) is 22.0. The second-order valence-corrected chi connectivity index (χ2v) is 3.34. The third-order valence-corrected chi connectivity index (χ3v) is 2.01. The van der Waals surface area contributed by atoms with E-state index in [0.29, 0.717) is 5.91 Å². The SMILES string of the molecule is CC(CO)C(=O)O.CN1CCCC1=O. The van der Waals surface area contributed by atoms with Crippen LogP contribution in [0.3, 0.4) is 0 Å². The quantitative estimate of drug-likeness (QED) is 0.659. The van der Waals surface area contributed by atoms with E-state index in [1.807, 2.05) is 7.05 Å². The van der Waals surface area contributed by atoms with Gasteiger partial charge in [-0.25, -0.2) is 0 Å². The molecule has 1 aliphatic rings. The highest BCUT2D eigenvalue weighted by atomic mass is 16.4. The summed E-state index contributed by atoms with van der Waals surface area (Å²) < 4.78 is 0. The van der Waals surface area contributed by atoms with Gasteiger partial charge in [0.25, 0.3) is 0 Å². The van der Waals surface area contributed by atoms with E-state index in [4.69, 9.17) is 10.2 Å². The van der Waals surface area contributed by atoms with E-state index in [9.17, 15) is 9.59 Å². The fraction of sp³-hybridized carbons (Fsp3) is 0.778. The molecule has 1 rings (SSSR count). The molecule has 82 valence electrons. The third kappa shape index (κ3) is 4.81. The number of hydrogen-bond donors (Lipinski definition) is 2.